The van der Waals surface area contributed by atoms with Gasteiger partial charge in [0.2, 0.25) is 0 Å². The number of hydrogen-bond donors (Lipinski definition) is 1. The van der Waals surface area contributed by atoms with Crippen molar-refractivity contribution >= 4 is 10.1 Å². The number of hydrogen-bond acceptors (Lipinski definition) is 4. The van der Waals surface area contributed by atoms with E-state index in [1.54, 1.807) is 0 Å². The molecular formula is C18H37KO4S. The molecule has 0 saturated heterocycles. The standard InChI is InChI=1S/C18H38O4S.K/c1-3-4-5-6-9-12-15-18(19)16-13-10-7-8-11-14-17(2)23(20,21)22;/h17-19H,3-16H2,1-2H3,(H,20,21,22);/q;+1/p-1. The van der Waals surface area contributed by atoms with Gasteiger partial charge in [-0.05, 0) is 26.2 Å². The van der Waals surface area contributed by atoms with Gasteiger partial charge in [-0.1, -0.05) is 77.6 Å². The second-order valence-electron chi connectivity index (χ2n) is 6.86. The van der Waals surface area contributed by atoms with Crippen LogP contribution in [0, 0.1) is 0 Å². The zero-order valence-corrected chi connectivity index (χ0v) is 20.1. The third-order valence-corrected chi connectivity index (χ3v) is 5.75. The summed E-state index contributed by atoms with van der Waals surface area (Å²) in [5, 5.41) is 9.15. The average Bonchev–Trinajstić information content (AvgIpc) is 2.48. The topological polar surface area (TPSA) is 77.4 Å². The van der Waals surface area contributed by atoms with Gasteiger partial charge < -0.3 is 9.66 Å². The van der Waals surface area contributed by atoms with Gasteiger partial charge in [-0.25, -0.2) is 8.42 Å². The predicted octanol–water partition coefficient (Wildman–Crippen LogP) is 1.77. The number of unbranched alkanes of at least 4 members (excludes halogenated alkanes) is 9. The summed E-state index contributed by atoms with van der Waals surface area (Å²) < 4.78 is 32.2. The summed E-state index contributed by atoms with van der Waals surface area (Å²) in [4.78, 5) is 0. The van der Waals surface area contributed by atoms with Crippen molar-refractivity contribution in [3.05, 3.63) is 0 Å². The van der Waals surface area contributed by atoms with Crippen LogP contribution in [0.3, 0.4) is 0 Å². The van der Waals surface area contributed by atoms with Crippen LogP contribution in [0.2, 0.25) is 0 Å². The normalized spacial score (nSPS) is 14.2. The summed E-state index contributed by atoms with van der Waals surface area (Å²) in [5.41, 5.74) is 0. The van der Waals surface area contributed by atoms with Crippen LogP contribution < -0.4 is 51.4 Å². The first kappa shape index (κ1) is 27.7. The molecule has 0 amide bonds. The van der Waals surface area contributed by atoms with E-state index in [0.29, 0.717) is 6.42 Å². The van der Waals surface area contributed by atoms with E-state index in [1.165, 1.54) is 39.0 Å². The Morgan fingerprint density at radius 3 is 1.58 bits per heavy atom. The third kappa shape index (κ3) is 18.3. The molecule has 1 N–H and O–H groups in total. The Hall–Kier alpha value is 1.51. The Bertz CT molecular complexity index is 360. The molecule has 0 bridgehead atoms. The van der Waals surface area contributed by atoms with Crippen LogP contribution in [0.1, 0.15) is 104 Å². The van der Waals surface area contributed by atoms with E-state index in [2.05, 4.69) is 6.92 Å². The van der Waals surface area contributed by atoms with Crippen molar-refractivity contribution in [2.75, 3.05) is 0 Å². The first-order valence-corrected chi connectivity index (χ1v) is 11.0. The van der Waals surface area contributed by atoms with Gasteiger partial charge in [0.1, 0.15) is 0 Å². The molecule has 0 aromatic rings. The Morgan fingerprint density at radius 1 is 0.792 bits per heavy atom. The smallest absolute Gasteiger partial charge is 0.748 e. The first-order valence-electron chi connectivity index (χ1n) is 9.50. The van der Waals surface area contributed by atoms with Gasteiger partial charge in [0.25, 0.3) is 0 Å². The van der Waals surface area contributed by atoms with E-state index in [9.17, 15) is 18.1 Å². The minimum Gasteiger partial charge on any atom is -0.748 e. The van der Waals surface area contributed by atoms with Gasteiger partial charge in [0.05, 0.1) is 16.2 Å². The Balaban J connectivity index is 0. The van der Waals surface area contributed by atoms with Crippen LogP contribution in [-0.2, 0) is 10.1 Å². The van der Waals surface area contributed by atoms with Crippen LogP contribution in [-0.4, -0.2) is 29.4 Å². The van der Waals surface area contributed by atoms with E-state index >= 15 is 0 Å². The molecule has 6 heteroatoms. The third-order valence-electron chi connectivity index (χ3n) is 4.53. The van der Waals surface area contributed by atoms with Crippen molar-refractivity contribution in [1.29, 1.82) is 0 Å². The van der Waals surface area contributed by atoms with Crippen molar-refractivity contribution in [2.24, 2.45) is 0 Å². The van der Waals surface area contributed by atoms with Gasteiger partial charge >= 0.3 is 51.4 Å². The second kappa shape index (κ2) is 17.9. The van der Waals surface area contributed by atoms with Gasteiger partial charge in [-0.3, -0.25) is 0 Å². The number of aliphatic hydroxyl groups is 1. The number of rotatable bonds is 16. The zero-order chi connectivity index (χ0) is 17.6. The molecule has 0 fully saturated rings. The molecule has 140 valence electrons. The largest absolute Gasteiger partial charge is 1.00 e. The summed E-state index contributed by atoms with van der Waals surface area (Å²) in [7, 11) is -4.11. The van der Waals surface area contributed by atoms with Crippen LogP contribution in [0.4, 0.5) is 0 Å². The van der Waals surface area contributed by atoms with E-state index in [4.69, 9.17) is 0 Å². The quantitative estimate of drug-likeness (QED) is 0.248. The minimum atomic E-state index is -4.11. The molecule has 0 rings (SSSR count). The fourth-order valence-corrected chi connectivity index (χ4v) is 3.25. The summed E-state index contributed by atoms with van der Waals surface area (Å²) >= 11 is 0. The first-order chi connectivity index (χ1) is 10.9. The van der Waals surface area contributed by atoms with Crippen molar-refractivity contribution in [3.63, 3.8) is 0 Å². The van der Waals surface area contributed by atoms with Crippen molar-refractivity contribution in [1.82, 2.24) is 0 Å². The molecule has 0 aromatic carbocycles. The average molecular weight is 389 g/mol. The molecule has 0 aliphatic carbocycles. The van der Waals surface area contributed by atoms with E-state index in [0.717, 1.165) is 51.4 Å². The monoisotopic (exact) mass is 388 g/mol. The van der Waals surface area contributed by atoms with E-state index < -0.39 is 15.4 Å². The van der Waals surface area contributed by atoms with Crippen LogP contribution >= 0.6 is 0 Å². The van der Waals surface area contributed by atoms with E-state index in [-0.39, 0.29) is 57.5 Å². The molecular weight excluding hydrogens is 351 g/mol. The molecule has 0 heterocycles. The Labute approximate surface area is 192 Å². The predicted molar refractivity (Wildman–Crippen MR) is 95.5 cm³/mol. The van der Waals surface area contributed by atoms with Crippen molar-refractivity contribution in [3.8, 4) is 0 Å². The Kier molecular flexibility index (Phi) is 20.7. The minimum absolute atomic E-state index is 0. The second-order valence-corrected chi connectivity index (χ2v) is 8.65. The summed E-state index contributed by atoms with van der Waals surface area (Å²) in [6.45, 7) is 3.71. The van der Waals surface area contributed by atoms with Gasteiger partial charge in [-0.15, -0.1) is 0 Å². The molecule has 4 nitrogen and oxygen atoms in total. The van der Waals surface area contributed by atoms with Crippen molar-refractivity contribution in [2.45, 2.75) is 115 Å². The molecule has 0 aliphatic rings. The fourth-order valence-electron chi connectivity index (χ4n) is 2.79. The van der Waals surface area contributed by atoms with Crippen molar-refractivity contribution < 1.29 is 69.5 Å². The molecule has 0 radical (unpaired) electrons. The molecule has 0 spiro atoms. The van der Waals surface area contributed by atoms with Gasteiger partial charge in [0.15, 0.2) is 0 Å². The maximum atomic E-state index is 10.7. The Morgan fingerprint density at radius 2 is 1.17 bits per heavy atom. The SMILES string of the molecule is CCCCCCCCC(O)CCCCCCCC(C)S(=O)(=O)[O-].[K+]. The van der Waals surface area contributed by atoms with Crippen LogP contribution in [0.5, 0.6) is 0 Å². The summed E-state index contributed by atoms with van der Waals surface area (Å²) in [6, 6.07) is 0. The summed E-state index contributed by atoms with van der Waals surface area (Å²) in [5.74, 6) is 0. The molecule has 24 heavy (non-hydrogen) atoms. The number of aliphatic hydroxyl groups excluding tert-OH is 1. The molecule has 0 aromatic heterocycles. The fraction of sp³-hybridized carbons (Fsp3) is 1.00. The molecule has 0 saturated carbocycles. The molecule has 2 unspecified atom stereocenters. The maximum absolute atomic E-state index is 10.7. The maximum Gasteiger partial charge on any atom is 1.00 e. The molecule has 0 aliphatic heterocycles. The van der Waals surface area contributed by atoms with Gasteiger partial charge in [-0.2, -0.15) is 0 Å². The van der Waals surface area contributed by atoms with Gasteiger partial charge in [0, 0.05) is 5.25 Å². The van der Waals surface area contributed by atoms with Crippen LogP contribution in [0.15, 0.2) is 0 Å². The zero-order valence-electron chi connectivity index (χ0n) is 16.1. The molecule has 2 atom stereocenters. The summed E-state index contributed by atoms with van der Waals surface area (Å²) in [6.07, 6.45) is 14.6. The van der Waals surface area contributed by atoms with E-state index in [1.807, 2.05) is 0 Å². The van der Waals surface area contributed by atoms with Crippen LogP contribution in [0.25, 0.3) is 0 Å².